The molecule has 1 aliphatic carbocycles. The first kappa shape index (κ1) is 17.3. The third-order valence-electron chi connectivity index (χ3n) is 3.82. The highest BCUT2D eigenvalue weighted by molar-refractivity contribution is 5.67. The van der Waals surface area contributed by atoms with E-state index in [-0.39, 0.29) is 12.0 Å². The van der Waals surface area contributed by atoms with Crippen LogP contribution < -0.4 is 4.90 Å². The number of ether oxygens (including phenoxy) is 1. The number of nitrogens with zero attached hydrogens (tertiary/aromatic N) is 2. The van der Waals surface area contributed by atoms with Gasteiger partial charge < -0.3 is 9.64 Å². The van der Waals surface area contributed by atoms with Crippen molar-refractivity contribution in [2.45, 2.75) is 44.8 Å². The molecule has 0 radical (unpaired) electrons. The zero-order valence-corrected chi connectivity index (χ0v) is 14.5. The molecule has 23 heavy (non-hydrogen) atoms. The third kappa shape index (κ3) is 4.26. The SMILES string of the molecule is CN(C)c1ccc([C@@H]2C=CC[C@@H]2N(O)C(=O)OC(C)(C)C)cc1. The number of benzene rings is 1. The molecule has 1 aliphatic rings. The Morgan fingerprint density at radius 3 is 2.35 bits per heavy atom. The molecule has 0 bridgehead atoms. The molecule has 0 saturated heterocycles. The molecule has 0 unspecified atom stereocenters. The Bertz CT molecular complexity index is 573. The summed E-state index contributed by atoms with van der Waals surface area (Å²) < 4.78 is 5.25. The van der Waals surface area contributed by atoms with Crippen LogP contribution in [0, 0.1) is 0 Å². The Balaban J connectivity index is 2.13. The highest BCUT2D eigenvalue weighted by atomic mass is 16.6. The van der Waals surface area contributed by atoms with E-state index in [2.05, 4.69) is 0 Å². The van der Waals surface area contributed by atoms with Crippen molar-refractivity contribution >= 4 is 11.8 Å². The van der Waals surface area contributed by atoms with Gasteiger partial charge in [-0.15, -0.1) is 0 Å². The number of carbonyl (C=O) groups excluding carboxylic acids is 1. The van der Waals surface area contributed by atoms with E-state index in [9.17, 15) is 10.0 Å². The molecule has 0 aliphatic heterocycles. The quantitative estimate of drug-likeness (QED) is 0.523. The van der Waals surface area contributed by atoms with E-state index in [1.807, 2.05) is 55.4 Å². The Labute approximate surface area is 138 Å². The molecule has 0 spiro atoms. The average molecular weight is 318 g/mol. The first-order chi connectivity index (χ1) is 10.7. The maximum absolute atomic E-state index is 12.1. The van der Waals surface area contributed by atoms with Gasteiger partial charge in [0.05, 0.1) is 6.04 Å². The van der Waals surface area contributed by atoms with Crippen LogP contribution in [0.1, 0.15) is 38.7 Å². The lowest BCUT2D eigenvalue weighted by molar-refractivity contribution is -0.120. The summed E-state index contributed by atoms with van der Waals surface area (Å²) >= 11 is 0. The summed E-state index contributed by atoms with van der Waals surface area (Å²) in [5.74, 6) is -0.0382. The van der Waals surface area contributed by atoms with Gasteiger partial charge in [0.1, 0.15) is 5.60 Å². The van der Waals surface area contributed by atoms with Gasteiger partial charge in [-0.1, -0.05) is 24.3 Å². The third-order valence-corrected chi connectivity index (χ3v) is 3.82. The molecule has 0 saturated carbocycles. The van der Waals surface area contributed by atoms with Gasteiger partial charge >= 0.3 is 6.09 Å². The van der Waals surface area contributed by atoms with Crippen LogP contribution >= 0.6 is 0 Å². The van der Waals surface area contributed by atoms with Gasteiger partial charge in [-0.2, -0.15) is 5.06 Å². The molecular formula is C18H26N2O3. The second-order valence-corrected chi connectivity index (χ2v) is 7.07. The van der Waals surface area contributed by atoms with E-state index >= 15 is 0 Å². The lowest BCUT2D eigenvalue weighted by Crippen LogP contribution is -2.42. The van der Waals surface area contributed by atoms with Gasteiger partial charge in [-0.05, 0) is 44.9 Å². The van der Waals surface area contributed by atoms with Crippen molar-refractivity contribution in [3.8, 4) is 0 Å². The molecule has 5 heteroatoms. The zero-order chi connectivity index (χ0) is 17.2. The molecular weight excluding hydrogens is 292 g/mol. The van der Waals surface area contributed by atoms with Gasteiger partial charge in [0, 0.05) is 25.7 Å². The summed E-state index contributed by atoms with van der Waals surface area (Å²) in [6.45, 7) is 5.34. The summed E-state index contributed by atoms with van der Waals surface area (Å²) in [6, 6.07) is 7.80. The second kappa shape index (κ2) is 6.62. The predicted octanol–water partition coefficient (Wildman–Crippen LogP) is 3.79. The minimum absolute atomic E-state index is 0.0382. The summed E-state index contributed by atoms with van der Waals surface area (Å²) in [6.07, 6.45) is 3.92. The van der Waals surface area contributed by atoms with E-state index < -0.39 is 11.7 Å². The van der Waals surface area contributed by atoms with E-state index in [1.54, 1.807) is 20.8 Å². The molecule has 0 heterocycles. The highest BCUT2D eigenvalue weighted by Crippen LogP contribution is 2.33. The molecule has 0 fully saturated rings. The van der Waals surface area contributed by atoms with E-state index in [0.717, 1.165) is 16.3 Å². The van der Waals surface area contributed by atoms with Crippen LogP contribution in [-0.4, -0.2) is 42.1 Å². The zero-order valence-electron chi connectivity index (χ0n) is 14.5. The Morgan fingerprint density at radius 2 is 1.83 bits per heavy atom. The molecule has 126 valence electrons. The monoisotopic (exact) mass is 318 g/mol. The van der Waals surface area contributed by atoms with E-state index in [0.29, 0.717) is 6.42 Å². The van der Waals surface area contributed by atoms with Gasteiger partial charge in [0.2, 0.25) is 0 Å². The largest absolute Gasteiger partial charge is 0.442 e. The molecule has 5 nitrogen and oxygen atoms in total. The van der Waals surface area contributed by atoms with Crippen LogP contribution in [0.3, 0.4) is 0 Å². The number of hydrogen-bond acceptors (Lipinski definition) is 4. The van der Waals surface area contributed by atoms with Gasteiger partial charge in [0.15, 0.2) is 0 Å². The van der Waals surface area contributed by atoms with Gasteiger partial charge in [0.25, 0.3) is 0 Å². The van der Waals surface area contributed by atoms with Crippen molar-refractivity contribution in [1.82, 2.24) is 5.06 Å². The fourth-order valence-corrected chi connectivity index (χ4v) is 2.66. The van der Waals surface area contributed by atoms with Crippen molar-refractivity contribution in [1.29, 1.82) is 0 Å². The van der Waals surface area contributed by atoms with Crippen LogP contribution in [0.4, 0.5) is 10.5 Å². The highest BCUT2D eigenvalue weighted by Gasteiger charge is 2.34. The van der Waals surface area contributed by atoms with E-state index in [1.165, 1.54) is 0 Å². The number of hydroxylamine groups is 2. The summed E-state index contributed by atoms with van der Waals surface area (Å²) in [7, 11) is 3.98. The number of rotatable bonds is 3. The van der Waals surface area contributed by atoms with Gasteiger partial charge in [-0.3, -0.25) is 5.21 Å². The normalized spacial score (nSPS) is 20.4. The van der Waals surface area contributed by atoms with Crippen LogP contribution in [-0.2, 0) is 4.74 Å². The van der Waals surface area contributed by atoms with Crippen LogP contribution in [0.2, 0.25) is 0 Å². The molecule has 0 aromatic heterocycles. The lowest BCUT2D eigenvalue weighted by atomic mass is 9.94. The van der Waals surface area contributed by atoms with Crippen molar-refractivity contribution in [3.63, 3.8) is 0 Å². The minimum atomic E-state index is -0.707. The molecule has 1 amide bonds. The Hall–Kier alpha value is -2.01. The van der Waals surface area contributed by atoms with Crippen molar-refractivity contribution in [2.75, 3.05) is 19.0 Å². The topological polar surface area (TPSA) is 53.0 Å². The number of amides is 1. The lowest BCUT2D eigenvalue weighted by Gasteiger charge is -2.30. The number of anilines is 1. The first-order valence-corrected chi connectivity index (χ1v) is 7.84. The Morgan fingerprint density at radius 1 is 1.22 bits per heavy atom. The molecule has 2 atom stereocenters. The molecule has 1 N–H and O–H groups in total. The summed E-state index contributed by atoms with van der Waals surface area (Å²) in [4.78, 5) is 14.1. The number of hydrogen-bond donors (Lipinski definition) is 1. The number of carbonyl (C=O) groups is 1. The predicted molar refractivity (Wildman–Crippen MR) is 90.9 cm³/mol. The van der Waals surface area contributed by atoms with Crippen LogP contribution in [0.15, 0.2) is 36.4 Å². The molecule has 1 aromatic carbocycles. The first-order valence-electron chi connectivity index (χ1n) is 7.84. The van der Waals surface area contributed by atoms with Crippen LogP contribution in [0.5, 0.6) is 0 Å². The maximum atomic E-state index is 12.1. The molecule has 2 rings (SSSR count). The fraction of sp³-hybridized carbons (Fsp3) is 0.500. The van der Waals surface area contributed by atoms with Crippen molar-refractivity contribution in [3.05, 3.63) is 42.0 Å². The maximum Gasteiger partial charge on any atom is 0.434 e. The van der Waals surface area contributed by atoms with Crippen molar-refractivity contribution < 1.29 is 14.7 Å². The summed E-state index contributed by atoms with van der Waals surface area (Å²) in [5.41, 5.74) is 1.55. The standard InChI is InChI=1S/C18H26N2O3/c1-18(2,3)23-17(21)20(22)16-8-6-7-15(16)13-9-11-14(12-10-13)19(4)5/h6-7,9-12,15-16,22H,8H2,1-5H3/t15-,16-/m0/s1. The minimum Gasteiger partial charge on any atom is -0.442 e. The smallest absolute Gasteiger partial charge is 0.434 e. The van der Waals surface area contributed by atoms with Crippen LogP contribution in [0.25, 0.3) is 0 Å². The summed E-state index contributed by atoms with van der Waals surface area (Å²) in [5, 5.41) is 11.0. The van der Waals surface area contributed by atoms with E-state index in [4.69, 9.17) is 4.74 Å². The Kier molecular flexibility index (Phi) is 5.00. The fourth-order valence-electron chi connectivity index (χ4n) is 2.66. The molecule has 1 aromatic rings. The van der Waals surface area contributed by atoms with Gasteiger partial charge in [-0.25, -0.2) is 4.79 Å². The second-order valence-electron chi connectivity index (χ2n) is 7.07. The van der Waals surface area contributed by atoms with Crippen molar-refractivity contribution in [2.24, 2.45) is 0 Å². The average Bonchev–Trinajstić information content (AvgIpc) is 2.94.